The van der Waals surface area contributed by atoms with Gasteiger partial charge in [0.2, 0.25) is 0 Å². The van der Waals surface area contributed by atoms with E-state index in [2.05, 4.69) is 19.2 Å². The van der Waals surface area contributed by atoms with E-state index >= 15 is 0 Å². The van der Waals surface area contributed by atoms with Gasteiger partial charge in [-0.05, 0) is 26.3 Å². The van der Waals surface area contributed by atoms with Crippen molar-refractivity contribution in [3.05, 3.63) is 0 Å². The topological polar surface area (TPSA) is 38.3 Å². The smallest absolute Gasteiger partial charge is 0.323 e. The van der Waals surface area contributed by atoms with Crippen LogP contribution in [-0.2, 0) is 9.53 Å². The van der Waals surface area contributed by atoms with Crippen LogP contribution in [0.15, 0.2) is 0 Å². The molecule has 1 atom stereocenters. The molecule has 0 heterocycles. The maximum Gasteiger partial charge on any atom is 0.323 e. The van der Waals surface area contributed by atoms with Crippen molar-refractivity contribution >= 4 is 5.97 Å². The van der Waals surface area contributed by atoms with Gasteiger partial charge in [-0.1, -0.05) is 78.1 Å². The average molecular weight is 314 g/mol. The van der Waals surface area contributed by atoms with Crippen LogP contribution in [0.4, 0.5) is 0 Å². The second-order valence-electron chi connectivity index (χ2n) is 6.23. The largest absolute Gasteiger partial charge is 0.465 e. The first kappa shape index (κ1) is 21.4. The van der Waals surface area contributed by atoms with Crippen molar-refractivity contribution in [3.8, 4) is 0 Å². The maximum absolute atomic E-state index is 12.0. The summed E-state index contributed by atoms with van der Waals surface area (Å²) in [6.45, 7) is 7.76. The molecular formula is C19H39NO2. The molecule has 3 heteroatoms. The molecule has 0 aromatic heterocycles. The van der Waals surface area contributed by atoms with Crippen LogP contribution in [0.25, 0.3) is 0 Å². The lowest BCUT2D eigenvalue weighted by molar-refractivity contribution is -0.145. The molecule has 0 aliphatic heterocycles. The molecule has 0 aliphatic carbocycles. The SMILES string of the molecule is CCCCCCCCNC(CCCCCCC)C(=O)OCC. The predicted molar refractivity (Wildman–Crippen MR) is 95.2 cm³/mol. The standard InChI is InChI=1S/C19H39NO2/c1-4-7-9-11-13-15-17-20-18(19(21)22-6-3)16-14-12-10-8-5-2/h18,20H,4-17H2,1-3H3. The molecule has 1 unspecified atom stereocenters. The average Bonchev–Trinajstić information content (AvgIpc) is 2.52. The molecule has 1 N–H and O–H groups in total. The van der Waals surface area contributed by atoms with Gasteiger partial charge >= 0.3 is 5.97 Å². The quantitative estimate of drug-likeness (QED) is 0.313. The molecule has 0 amide bonds. The van der Waals surface area contributed by atoms with Crippen LogP contribution in [0.3, 0.4) is 0 Å². The molecule has 0 fully saturated rings. The van der Waals surface area contributed by atoms with Gasteiger partial charge < -0.3 is 10.1 Å². The summed E-state index contributed by atoms with van der Waals surface area (Å²) >= 11 is 0. The van der Waals surface area contributed by atoms with E-state index < -0.39 is 0 Å². The van der Waals surface area contributed by atoms with Gasteiger partial charge in [0.25, 0.3) is 0 Å². The zero-order chi connectivity index (χ0) is 16.5. The summed E-state index contributed by atoms with van der Waals surface area (Å²) < 4.78 is 5.19. The number of hydrogen-bond acceptors (Lipinski definition) is 3. The minimum Gasteiger partial charge on any atom is -0.465 e. The van der Waals surface area contributed by atoms with E-state index in [1.807, 2.05) is 6.92 Å². The maximum atomic E-state index is 12.0. The van der Waals surface area contributed by atoms with Crippen LogP contribution < -0.4 is 5.32 Å². The molecule has 0 saturated carbocycles. The highest BCUT2D eigenvalue weighted by Crippen LogP contribution is 2.09. The highest BCUT2D eigenvalue weighted by Gasteiger charge is 2.18. The Morgan fingerprint density at radius 3 is 1.95 bits per heavy atom. The van der Waals surface area contributed by atoms with Gasteiger partial charge in [-0.15, -0.1) is 0 Å². The lowest BCUT2D eigenvalue weighted by Gasteiger charge is -2.17. The van der Waals surface area contributed by atoms with E-state index in [0.29, 0.717) is 6.61 Å². The number of unbranched alkanes of at least 4 members (excludes halogenated alkanes) is 9. The fraction of sp³-hybridized carbons (Fsp3) is 0.947. The van der Waals surface area contributed by atoms with Crippen LogP contribution >= 0.6 is 0 Å². The fourth-order valence-electron chi connectivity index (χ4n) is 2.68. The van der Waals surface area contributed by atoms with Crippen molar-refractivity contribution in [3.63, 3.8) is 0 Å². The van der Waals surface area contributed by atoms with Crippen LogP contribution in [-0.4, -0.2) is 25.2 Å². The fourth-order valence-corrected chi connectivity index (χ4v) is 2.68. The third-order valence-corrected chi connectivity index (χ3v) is 4.09. The summed E-state index contributed by atoms with van der Waals surface area (Å²) in [5, 5.41) is 3.41. The number of carbonyl (C=O) groups excluding carboxylic acids is 1. The number of hydrogen-bond donors (Lipinski definition) is 1. The Morgan fingerprint density at radius 2 is 1.36 bits per heavy atom. The van der Waals surface area contributed by atoms with Gasteiger partial charge in [0.05, 0.1) is 6.61 Å². The summed E-state index contributed by atoms with van der Waals surface area (Å²) in [5.41, 5.74) is 0. The van der Waals surface area contributed by atoms with Crippen LogP contribution in [0.1, 0.15) is 97.8 Å². The molecule has 22 heavy (non-hydrogen) atoms. The third-order valence-electron chi connectivity index (χ3n) is 4.09. The Balaban J connectivity index is 3.80. The number of rotatable bonds is 16. The van der Waals surface area contributed by atoms with Gasteiger partial charge in [-0.3, -0.25) is 4.79 Å². The molecule has 0 bridgehead atoms. The van der Waals surface area contributed by atoms with Crippen molar-refractivity contribution in [2.45, 2.75) is 104 Å². The van der Waals surface area contributed by atoms with Gasteiger partial charge in [0.15, 0.2) is 0 Å². The Morgan fingerprint density at radius 1 is 0.818 bits per heavy atom. The first-order chi connectivity index (χ1) is 10.8. The van der Waals surface area contributed by atoms with Crippen LogP contribution in [0.5, 0.6) is 0 Å². The molecule has 132 valence electrons. The van der Waals surface area contributed by atoms with Gasteiger partial charge in [-0.2, -0.15) is 0 Å². The normalized spacial score (nSPS) is 12.3. The molecule has 3 nitrogen and oxygen atoms in total. The molecule has 0 rings (SSSR count). The van der Waals surface area contributed by atoms with Crippen LogP contribution in [0, 0.1) is 0 Å². The van der Waals surface area contributed by atoms with Crippen molar-refractivity contribution in [1.82, 2.24) is 5.32 Å². The summed E-state index contributed by atoms with van der Waals surface area (Å²) in [4.78, 5) is 12.0. The van der Waals surface area contributed by atoms with Gasteiger partial charge in [0, 0.05) is 0 Å². The zero-order valence-corrected chi connectivity index (χ0v) is 15.3. The molecule has 0 aromatic rings. The first-order valence-electron chi connectivity index (χ1n) is 9.66. The van der Waals surface area contributed by atoms with Crippen LogP contribution in [0.2, 0.25) is 0 Å². The minimum absolute atomic E-state index is 0.0658. The minimum atomic E-state index is -0.0998. The number of nitrogens with one attached hydrogen (secondary N) is 1. The predicted octanol–water partition coefficient (Wildman–Crippen LogP) is 5.23. The Bertz CT molecular complexity index is 244. The highest BCUT2D eigenvalue weighted by molar-refractivity contribution is 5.75. The second-order valence-corrected chi connectivity index (χ2v) is 6.23. The van der Waals surface area contributed by atoms with Crippen molar-refractivity contribution in [1.29, 1.82) is 0 Å². The summed E-state index contributed by atoms with van der Waals surface area (Å²) in [5.74, 6) is -0.0658. The molecule has 0 radical (unpaired) electrons. The summed E-state index contributed by atoms with van der Waals surface area (Å²) in [6.07, 6.45) is 14.8. The summed E-state index contributed by atoms with van der Waals surface area (Å²) in [6, 6.07) is -0.0998. The molecular weight excluding hydrogens is 274 g/mol. The van der Waals surface area contributed by atoms with Gasteiger partial charge in [-0.25, -0.2) is 0 Å². The van der Waals surface area contributed by atoms with Crippen molar-refractivity contribution in [2.75, 3.05) is 13.2 Å². The van der Waals surface area contributed by atoms with Gasteiger partial charge in [0.1, 0.15) is 6.04 Å². The van der Waals surface area contributed by atoms with E-state index in [-0.39, 0.29) is 12.0 Å². The molecule has 0 aromatic carbocycles. The highest BCUT2D eigenvalue weighted by atomic mass is 16.5. The lowest BCUT2D eigenvalue weighted by atomic mass is 10.1. The van der Waals surface area contributed by atoms with E-state index in [1.165, 1.54) is 57.8 Å². The van der Waals surface area contributed by atoms with Crippen molar-refractivity contribution in [2.24, 2.45) is 0 Å². The van der Waals surface area contributed by atoms with E-state index in [9.17, 15) is 4.79 Å². The Labute approximate surface area is 138 Å². The molecule has 0 spiro atoms. The van der Waals surface area contributed by atoms with E-state index in [0.717, 1.165) is 25.8 Å². The second kappa shape index (κ2) is 16.8. The summed E-state index contributed by atoms with van der Waals surface area (Å²) in [7, 11) is 0. The number of carbonyl (C=O) groups is 1. The Hall–Kier alpha value is -0.570. The Kier molecular flexibility index (Phi) is 16.4. The third kappa shape index (κ3) is 13.1. The lowest BCUT2D eigenvalue weighted by Crippen LogP contribution is -2.38. The number of ether oxygens (including phenoxy) is 1. The molecule has 0 aliphatic rings. The molecule has 0 saturated heterocycles. The van der Waals surface area contributed by atoms with E-state index in [4.69, 9.17) is 4.74 Å². The zero-order valence-electron chi connectivity index (χ0n) is 15.3. The first-order valence-corrected chi connectivity index (χ1v) is 9.66. The van der Waals surface area contributed by atoms with E-state index in [1.54, 1.807) is 0 Å². The number of esters is 1. The monoisotopic (exact) mass is 313 g/mol. The van der Waals surface area contributed by atoms with Crippen molar-refractivity contribution < 1.29 is 9.53 Å².